The number of hydrogen-bond donors (Lipinski definition) is 1. The van der Waals surface area contributed by atoms with Crippen LogP contribution in [0.5, 0.6) is 0 Å². The van der Waals surface area contributed by atoms with Crippen LogP contribution in [0.1, 0.15) is 44.9 Å². The number of rotatable bonds is 9. The van der Waals surface area contributed by atoms with Crippen molar-refractivity contribution in [2.45, 2.75) is 50.2 Å². The number of hydrogen-bond acceptors (Lipinski definition) is 5. The highest BCUT2D eigenvalue weighted by Gasteiger charge is 2.15. The van der Waals surface area contributed by atoms with Crippen LogP contribution in [0.15, 0.2) is 0 Å². The number of unbranched alkanes of at least 4 members (excludes halogenated alkanes) is 1. The highest BCUT2D eigenvalue weighted by Crippen LogP contribution is 2.39. The first kappa shape index (κ1) is 16.7. The van der Waals surface area contributed by atoms with E-state index in [1.807, 2.05) is 21.6 Å². The van der Waals surface area contributed by atoms with E-state index in [-0.39, 0.29) is 11.9 Å². The molecule has 1 amide bonds. The van der Waals surface area contributed by atoms with Gasteiger partial charge < -0.3 is 10.1 Å². The Bertz CT molecular complexity index is 281. The first-order valence-electron chi connectivity index (χ1n) is 6.84. The molecule has 1 aliphatic rings. The number of carbonyl (C=O) groups excluding carboxylic acids is 2. The van der Waals surface area contributed by atoms with Gasteiger partial charge in [0.15, 0.2) is 0 Å². The van der Waals surface area contributed by atoms with E-state index in [1.54, 1.807) is 0 Å². The highest BCUT2D eigenvalue weighted by atomic mass is 33.1. The van der Waals surface area contributed by atoms with Crippen LogP contribution < -0.4 is 5.32 Å². The molecule has 0 saturated carbocycles. The summed E-state index contributed by atoms with van der Waals surface area (Å²) in [5.74, 6) is 1.15. The van der Waals surface area contributed by atoms with Gasteiger partial charge in [0.25, 0.3) is 0 Å². The Balaban J connectivity index is 1.88. The van der Waals surface area contributed by atoms with E-state index in [0.717, 1.165) is 18.1 Å². The third-order valence-corrected chi connectivity index (χ3v) is 6.02. The van der Waals surface area contributed by atoms with E-state index in [0.29, 0.717) is 25.8 Å². The van der Waals surface area contributed by atoms with E-state index >= 15 is 0 Å². The maximum absolute atomic E-state index is 11.5. The van der Waals surface area contributed by atoms with E-state index in [2.05, 4.69) is 10.1 Å². The Morgan fingerprint density at radius 2 is 2.11 bits per heavy atom. The molecule has 1 unspecified atom stereocenters. The van der Waals surface area contributed by atoms with Crippen molar-refractivity contribution in [3.8, 4) is 0 Å². The fraction of sp³-hybridized carbons (Fsp3) is 0.846. The van der Waals surface area contributed by atoms with Crippen LogP contribution in [-0.2, 0) is 14.3 Å². The van der Waals surface area contributed by atoms with Crippen LogP contribution in [0.4, 0.5) is 0 Å². The summed E-state index contributed by atoms with van der Waals surface area (Å²) in [6, 6.07) is 0. The minimum Gasteiger partial charge on any atom is -0.469 e. The normalized spacial score (nSPS) is 18.3. The van der Waals surface area contributed by atoms with Crippen molar-refractivity contribution in [2.24, 2.45) is 0 Å². The summed E-state index contributed by atoms with van der Waals surface area (Å²) in [6.07, 6.45) is 6.26. The zero-order valence-corrected chi connectivity index (χ0v) is 13.1. The number of nitrogens with one attached hydrogen (secondary N) is 1. The SMILES string of the molecule is COC(=O)CCCNC(=O)CCCCC1CCSS1. The summed E-state index contributed by atoms with van der Waals surface area (Å²) in [7, 11) is 5.34. The molecule has 110 valence electrons. The number of esters is 1. The van der Waals surface area contributed by atoms with Gasteiger partial charge in [-0.3, -0.25) is 9.59 Å². The van der Waals surface area contributed by atoms with Gasteiger partial charge in [-0.15, -0.1) is 0 Å². The zero-order chi connectivity index (χ0) is 13.9. The van der Waals surface area contributed by atoms with Crippen LogP contribution in [0, 0.1) is 0 Å². The monoisotopic (exact) mass is 305 g/mol. The molecule has 0 aliphatic carbocycles. The quantitative estimate of drug-likeness (QED) is 0.403. The minimum absolute atomic E-state index is 0.0957. The molecule has 19 heavy (non-hydrogen) atoms. The van der Waals surface area contributed by atoms with Crippen molar-refractivity contribution in [3.05, 3.63) is 0 Å². The Kier molecular flexibility index (Phi) is 9.16. The van der Waals surface area contributed by atoms with Crippen molar-refractivity contribution >= 4 is 33.5 Å². The molecule has 1 rings (SSSR count). The van der Waals surface area contributed by atoms with Gasteiger partial charge in [-0.25, -0.2) is 0 Å². The number of ether oxygens (including phenoxy) is 1. The van der Waals surface area contributed by atoms with Gasteiger partial charge in [-0.05, 0) is 25.7 Å². The second kappa shape index (κ2) is 10.4. The Morgan fingerprint density at radius 3 is 2.79 bits per heavy atom. The lowest BCUT2D eigenvalue weighted by atomic mass is 10.1. The minimum atomic E-state index is -0.221. The van der Waals surface area contributed by atoms with Crippen molar-refractivity contribution in [1.29, 1.82) is 0 Å². The number of amides is 1. The van der Waals surface area contributed by atoms with Gasteiger partial charge >= 0.3 is 5.97 Å². The van der Waals surface area contributed by atoms with Crippen molar-refractivity contribution in [1.82, 2.24) is 5.32 Å². The molecule has 1 atom stereocenters. The molecule has 0 spiro atoms. The van der Waals surface area contributed by atoms with Crippen LogP contribution in [0.2, 0.25) is 0 Å². The predicted molar refractivity (Wildman–Crippen MR) is 81.2 cm³/mol. The third-order valence-electron chi connectivity index (χ3n) is 3.01. The molecule has 0 bridgehead atoms. The number of methoxy groups -OCH3 is 1. The predicted octanol–water partition coefficient (Wildman–Crippen LogP) is 2.77. The summed E-state index contributed by atoms with van der Waals surface area (Å²) in [5, 5.41) is 3.63. The molecule has 6 heteroatoms. The summed E-state index contributed by atoms with van der Waals surface area (Å²) in [4.78, 5) is 22.4. The molecule has 1 fully saturated rings. The maximum atomic E-state index is 11.5. The summed E-state index contributed by atoms with van der Waals surface area (Å²) in [5.41, 5.74) is 0. The van der Waals surface area contributed by atoms with Gasteiger partial charge in [0, 0.05) is 30.4 Å². The Labute approximate surface area is 123 Å². The van der Waals surface area contributed by atoms with Crippen LogP contribution in [0.3, 0.4) is 0 Å². The van der Waals surface area contributed by atoms with Gasteiger partial charge in [-0.2, -0.15) is 0 Å². The topological polar surface area (TPSA) is 55.4 Å². The average Bonchev–Trinajstić information content (AvgIpc) is 2.92. The molecule has 4 nitrogen and oxygen atoms in total. The fourth-order valence-electron chi connectivity index (χ4n) is 1.87. The van der Waals surface area contributed by atoms with Crippen molar-refractivity contribution < 1.29 is 14.3 Å². The third kappa shape index (κ3) is 8.42. The molecule has 0 aromatic carbocycles. The molecule has 1 saturated heterocycles. The van der Waals surface area contributed by atoms with Crippen molar-refractivity contribution in [3.63, 3.8) is 0 Å². The molecule has 0 radical (unpaired) electrons. The summed E-state index contributed by atoms with van der Waals surface area (Å²) in [6.45, 7) is 0.559. The lowest BCUT2D eigenvalue weighted by Crippen LogP contribution is -2.24. The first-order valence-corrected chi connectivity index (χ1v) is 9.22. The molecule has 1 aliphatic heterocycles. The lowest BCUT2D eigenvalue weighted by molar-refractivity contribution is -0.140. The molecule has 0 aromatic heterocycles. The van der Waals surface area contributed by atoms with E-state index in [4.69, 9.17) is 0 Å². The van der Waals surface area contributed by atoms with Crippen LogP contribution in [0.25, 0.3) is 0 Å². The van der Waals surface area contributed by atoms with E-state index < -0.39 is 0 Å². The molecular formula is C13H23NO3S2. The van der Waals surface area contributed by atoms with Crippen LogP contribution in [-0.4, -0.2) is 36.5 Å². The second-order valence-corrected chi connectivity index (χ2v) is 7.39. The molecule has 1 N–H and O–H groups in total. The maximum Gasteiger partial charge on any atom is 0.305 e. The number of carbonyl (C=O) groups is 2. The Morgan fingerprint density at radius 1 is 1.26 bits per heavy atom. The van der Waals surface area contributed by atoms with Crippen molar-refractivity contribution in [2.75, 3.05) is 19.4 Å². The lowest BCUT2D eigenvalue weighted by Gasteiger charge is -2.07. The standard InChI is InChI=1S/C13H23NO3S2/c1-17-13(16)7-4-9-14-12(15)6-3-2-5-11-8-10-18-19-11/h11H,2-10H2,1H3,(H,14,15). The smallest absolute Gasteiger partial charge is 0.305 e. The second-order valence-electron chi connectivity index (χ2n) is 4.60. The fourth-order valence-corrected chi connectivity index (χ4v) is 4.90. The van der Waals surface area contributed by atoms with Gasteiger partial charge in [0.1, 0.15) is 0 Å². The molecule has 1 heterocycles. The van der Waals surface area contributed by atoms with Crippen LogP contribution >= 0.6 is 21.6 Å². The van der Waals surface area contributed by atoms with E-state index in [9.17, 15) is 9.59 Å². The highest BCUT2D eigenvalue weighted by molar-refractivity contribution is 8.77. The molecule has 0 aromatic rings. The van der Waals surface area contributed by atoms with Gasteiger partial charge in [0.2, 0.25) is 5.91 Å². The zero-order valence-electron chi connectivity index (χ0n) is 11.5. The van der Waals surface area contributed by atoms with E-state index in [1.165, 1.54) is 25.7 Å². The first-order chi connectivity index (χ1) is 9.22. The average molecular weight is 305 g/mol. The van der Waals surface area contributed by atoms with Gasteiger partial charge in [-0.1, -0.05) is 28.0 Å². The molecular weight excluding hydrogens is 282 g/mol. The summed E-state index contributed by atoms with van der Waals surface area (Å²) >= 11 is 0. The summed E-state index contributed by atoms with van der Waals surface area (Å²) < 4.78 is 4.53. The Hall–Kier alpha value is -0.360. The largest absolute Gasteiger partial charge is 0.469 e. The van der Waals surface area contributed by atoms with Gasteiger partial charge in [0.05, 0.1) is 7.11 Å².